The molecule has 0 unspecified atom stereocenters. The molecule has 2 aromatic heterocycles. The summed E-state index contributed by atoms with van der Waals surface area (Å²) in [5, 5.41) is 23.9. The Bertz CT molecular complexity index is 1970. The molecule has 1 amide bonds. The van der Waals surface area contributed by atoms with Gasteiger partial charge in [0.15, 0.2) is 5.57 Å². The second-order valence-electron chi connectivity index (χ2n) is 8.32. The summed E-state index contributed by atoms with van der Waals surface area (Å²) in [6, 6.07) is 26.4. The number of nitrogens with one attached hydrogen (secondary N) is 1. The maximum Gasteiger partial charge on any atom is 0.273 e. The van der Waals surface area contributed by atoms with Crippen LogP contribution in [0.3, 0.4) is 0 Å². The second-order valence-corrected chi connectivity index (χ2v) is 9.76. The van der Waals surface area contributed by atoms with Crippen LogP contribution in [0.15, 0.2) is 100 Å². The van der Waals surface area contributed by atoms with Gasteiger partial charge >= 0.3 is 0 Å². The second kappa shape index (κ2) is 11.2. The first-order valence-electron chi connectivity index (χ1n) is 11.7. The lowest BCUT2D eigenvalue weighted by Gasteiger charge is -2.07. The Kier molecular flexibility index (Phi) is 7.41. The minimum Gasteiger partial charge on any atom is -0.457 e. The lowest BCUT2D eigenvalue weighted by atomic mass is 10.1. The summed E-state index contributed by atoms with van der Waals surface area (Å²) < 4.78 is 7.54. The number of hydrogen-bond acceptors (Lipinski definition) is 7. The van der Waals surface area contributed by atoms with Crippen molar-refractivity contribution in [2.75, 3.05) is 5.32 Å². The van der Waals surface area contributed by atoms with Crippen LogP contribution in [0.25, 0.3) is 28.7 Å². The Hall–Kier alpha value is -5.24. The Morgan fingerprint density at radius 2 is 1.73 bits per heavy atom. The van der Waals surface area contributed by atoms with E-state index in [2.05, 4.69) is 5.32 Å². The highest BCUT2D eigenvalue weighted by Crippen LogP contribution is 2.25. The highest BCUT2D eigenvalue weighted by Gasteiger charge is 2.18. The van der Waals surface area contributed by atoms with Gasteiger partial charge in [0.25, 0.3) is 17.2 Å². The number of thiazole rings is 1. The lowest BCUT2D eigenvalue weighted by Crippen LogP contribution is -2.32. The molecule has 0 aliphatic heterocycles. The van der Waals surface area contributed by atoms with Crippen LogP contribution in [0.1, 0.15) is 5.76 Å². The molecule has 40 heavy (non-hydrogen) atoms. The average molecular weight is 569 g/mol. The summed E-state index contributed by atoms with van der Waals surface area (Å²) in [5.41, 5.74) is 0.665. The zero-order valence-electron chi connectivity index (χ0n) is 20.4. The quantitative estimate of drug-likeness (QED) is 0.230. The molecule has 5 rings (SSSR count). The molecule has 2 heterocycles. The van der Waals surface area contributed by atoms with E-state index in [0.717, 1.165) is 11.3 Å². The van der Waals surface area contributed by atoms with Crippen molar-refractivity contribution in [2.45, 2.75) is 0 Å². The zero-order valence-corrected chi connectivity index (χ0v) is 22.0. The van der Waals surface area contributed by atoms with Gasteiger partial charge in [0.2, 0.25) is 0 Å². The van der Waals surface area contributed by atoms with Crippen molar-refractivity contribution in [2.24, 2.45) is 0 Å². The van der Waals surface area contributed by atoms with E-state index in [1.165, 1.54) is 22.8 Å². The normalized spacial score (nSPS) is 12.1. The number of nitriles is 1. The van der Waals surface area contributed by atoms with Crippen LogP contribution >= 0.6 is 22.9 Å². The number of nitro groups is 1. The Morgan fingerprint density at radius 1 is 1.02 bits per heavy atom. The lowest BCUT2D eigenvalue weighted by molar-refractivity contribution is -0.384. The van der Waals surface area contributed by atoms with E-state index in [1.807, 2.05) is 6.07 Å². The van der Waals surface area contributed by atoms with E-state index in [1.54, 1.807) is 78.9 Å². The SMILES string of the molecule is N#CC(C(=O)Nc1ccccc1Cl)=c1sc(=Cc2ccc(-c3ccc([N+](=O)[O-])cc3)o2)c(=O)n1-c1ccccc1. The number of amides is 1. The number of para-hydroxylation sites is 2. The molecule has 0 saturated carbocycles. The molecule has 1 N–H and O–H groups in total. The number of hydrogen-bond donors (Lipinski definition) is 1. The first kappa shape index (κ1) is 26.4. The van der Waals surface area contributed by atoms with Crippen LogP contribution in [0.5, 0.6) is 0 Å². The summed E-state index contributed by atoms with van der Waals surface area (Å²) in [4.78, 5) is 37.2. The third-order valence-corrected chi connectivity index (χ3v) is 7.20. The summed E-state index contributed by atoms with van der Waals surface area (Å²) in [6.45, 7) is 0. The molecular formula is C29H17ClN4O5S. The fraction of sp³-hybridized carbons (Fsp3) is 0. The summed E-state index contributed by atoms with van der Waals surface area (Å²) in [5.74, 6) is 0.0775. The number of non-ortho nitro benzene ring substituents is 1. The van der Waals surface area contributed by atoms with Crippen LogP contribution in [-0.4, -0.2) is 15.4 Å². The van der Waals surface area contributed by atoms with E-state index < -0.39 is 16.4 Å². The number of aromatic nitrogens is 1. The molecule has 196 valence electrons. The average Bonchev–Trinajstić information content (AvgIpc) is 3.55. The van der Waals surface area contributed by atoms with Gasteiger partial charge in [-0.2, -0.15) is 5.26 Å². The monoisotopic (exact) mass is 568 g/mol. The van der Waals surface area contributed by atoms with Gasteiger partial charge in [0.05, 0.1) is 25.9 Å². The van der Waals surface area contributed by atoms with Crippen LogP contribution in [-0.2, 0) is 4.79 Å². The minimum atomic E-state index is -0.716. The molecular weight excluding hydrogens is 552 g/mol. The van der Waals surface area contributed by atoms with Crippen LogP contribution < -0.4 is 20.1 Å². The van der Waals surface area contributed by atoms with Crippen molar-refractivity contribution in [1.29, 1.82) is 5.26 Å². The van der Waals surface area contributed by atoms with Crippen molar-refractivity contribution in [3.05, 3.63) is 131 Å². The maximum atomic E-state index is 13.6. The topological polar surface area (TPSA) is 131 Å². The number of carbonyl (C=O) groups is 1. The maximum absolute atomic E-state index is 13.6. The molecule has 0 radical (unpaired) electrons. The fourth-order valence-electron chi connectivity index (χ4n) is 3.87. The van der Waals surface area contributed by atoms with E-state index in [9.17, 15) is 25.0 Å². The Balaban J connectivity index is 1.63. The molecule has 0 atom stereocenters. The molecule has 0 aliphatic carbocycles. The Labute approximate surface area is 235 Å². The molecule has 3 aromatic carbocycles. The van der Waals surface area contributed by atoms with Crippen molar-refractivity contribution < 1.29 is 14.1 Å². The standard InChI is InChI=1S/C29H17ClN4O5S/c30-23-8-4-5-9-24(23)32-27(35)22(17-31)29-33(19-6-2-1-3-7-19)28(36)26(40-29)16-21-14-15-25(39-21)18-10-12-20(13-11-18)34(37)38/h1-16H,(H,32,35). The molecule has 9 nitrogen and oxygen atoms in total. The van der Waals surface area contributed by atoms with Crippen molar-refractivity contribution in [3.63, 3.8) is 0 Å². The fourth-order valence-corrected chi connectivity index (χ4v) is 5.13. The summed E-state index contributed by atoms with van der Waals surface area (Å²) >= 11 is 7.14. The van der Waals surface area contributed by atoms with Crippen LogP contribution in [0.2, 0.25) is 5.02 Å². The number of halogens is 1. The number of rotatable bonds is 6. The summed E-state index contributed by atoms with van der Waals surface area (Å²) in [6.07, 6.45) is 1.52. The third kappa shape index (κ3) is 5.33. The first-order chi connectivity index (χ1) is 19.4. The van der Waals surface area contributed by atoms with Gasteiger partial charge in [-0.3, -0.25) is 24.3 Å². The first-order valence-corrected chi connectivity index (χ1v) is 12.9. The van der Waals surface area contributed by atoms with Gasteiger partial charge in [-0.05, 0) is 48.5 Å². The molecule has 0 spiro atoms. The van der Waals surface area contributed by atoms with Gasteiger partial charge in [-0.15, -0.1) is 11.3 Å². The molecule has 0 bridgehead atoms. The molecule has 0 fully saturated rings. The number of furan rings is 1. The van der Waals surface area contributed by atoms with Crippen molar-refractivity contribution >= 4 is 51.9 Å². The molecule has 5 aromatic rings. The van der Waals surface area contributed by atoms with Gasteiger partial charge in [0.1, 0.15) is 22.3 Å². The number of nitrogens with zero attached hydrogens (tertiary/aromatic N) is 3. The van der Waals surface area contributed by atoms with E-state index in [-0.39, 0.29) is 20.5 Å². The van der Waals surface area contributed by atoms with E-state index in [4.69, 9.17) is 16.0 Å². The number of carbonyl (C=O) groups excluding carboxylic acids is 1. The minimum absolute atomic E-state index is 0.0437. The third-order valence-electron chi connectivity index (χ3n) is 5.78. The van der Waals surface area contributed by atoms with Gasteiger partial charge < -0.3 is 9.73 Å². The highest BCUT2D eigenvalue weighted by molar-refractivity contribution is 7.07. The number of benzene rings is 3. The van der Waals surface area contributed by atoms with Crippen molar-refractivity contribution in [1.82, 2.24) is 4.57 Å². The number of anilines is 1. The molecule has 11 heteroatoms. The molecule has 0 aliphatic rings. The van der Waals surface area contributed by atoms with E-state index in [0.29, 0.717) is 33.5 Å². The van der Waals surface area contributed by atoms with Crippen LogP contribution in [0, 0.1) is 21.4 Å². The van der Waals surface area contributed by atoms with E-state index >= 15 is 0 Å². The van der Waals surface area contributed by atoms with Crippen molar-refractivity contribution in [3.8, 4) is 23.1 Å². The Morgan fingerprint density at radius 3 is 2.40 bits per heavy atom. The van der Waals surface area contributed by atoms with Crippen LogP contribution in [0.4, 0.5) is 11.4 Å². The predicted molar refractivity (Wildman–Crippen MR) is 153 cm³/mol. The summed E-state index contributed by atoms with van der Waals surface area (Å²) in [7, 11) is 0. The van der Waals surface area contributed by atoms with Gasteiger partial charge in [0, 0.05) is 23.8 Å². The smallest absolute Gasteiger partial charge is 0.273 e. The highest BCUT2D eigenvalue weighted by atomic mass is 35.5. The zero-order chi connectivity index (χ0) is 28.2. The van der Waals surface area contributed by atoms with Gasteiger partial charge in [-0.1, -0.05) is 41.9 Å². The van der Waals surface area contributed by atoms with Gasteiger partial charge in [-0.25, -0.2) is 0 Å². The number of nitro benzene ring substituents is 1. The largest absolute Gasteiger partial charge is 0.457 e. The molecule has 0 saturated heterocycles. The predicted octanol–water partition coefficient (Wildman–Crippen LogP) is 4.86.